The third-order valence-electron chi connectivity index (χ3n) is 0.447. The smallest absolute Gasteiger partial charge is 0.301 e. The molecule has 54 valence electrons. The third kappa shape index (κ3) is 1.71. The molecule has 1 rings (SSSR count). The summed E-state index contributed by atoms with van der Waals surface area (Å²) >= 11 is 0. The molecule has 1 unspecified atom stereocenters. The normalized spacial score (nSPS) is 41.0. The van der Waals surface area contributed by atoms with Crippen LogP contribution in [0.2, 0.25) is 0 Å². The van der Waals surface area contributed by atoms with Crippen LogP contribution in [-0.4, -0.2) is 13.3 Å². The summed E-state index contributed by atoms with van der Waals surface area (Å²) in [6.07, 6.45) is 0. The average Bonchev–Trinajstić information content (AvgIpc) is 1.78. The maximum absolute atomic E-state index is 10.1. The van der Waals surface area contributed by atoms with Crippen LogP contribution < -0.4 is 4.89 Å². The lowest BCUT2D eigenvalue weighted by Crippen LogP contribution is -2.12. The van der Waals surface area contributed by atoms with Gasteiger partial charge in [0.15, 0.2) is 0 Å². The van der Waals surface area contributed by atoms with Crippen LogP contribution in [0.25, 0.3) is 0 Å². The predicted molar refractivity (Wildman–Crippen MR) is 24.1 cm³/mol. The topological polar surface area (TPSA) is 102 Å². The monoisotopic (exact) mass is 175 g/mol. The molecule has 9 heavy (non-hydrogen) atoms. The first-order valence-electron chi connectivity index (χ1n) is 1.66. The van der Waals surface area contributed by atoms with E-state index in [1.165, 1.54) is 4.89 Å². The molecule has 1 atom stereocenters. The fraction of sp³-hybridized carbons (Fsp3) is 0. The fourth-order valence-corrected chi connectivity index (χ4v) is 2.22. The maximum atomic E-state index is 10.1. The van der Waals surface area contributed by atoms with Gasteiger partial charge in [0, 0.05) is 0 Å². The van der Waals surface area contributed by atoms with Crippen LogP contribution in [0.1, 0.15) is 0 Å². The Morgan fingerprint density at radius 3 is 2.22 bits per heavy atom. The summed E-state index contributed by atoms with van der Waals surface area (Å²) in [4.78, 5) is 9.42. The van der Waals surface area contributed by atoms with E-state index in [1.54, 1.807) is 0 Å². The first-order chi connectivity index (χ1) is 3.91. The Kier molecular flexibility index (Phi) is 1.39. The van der Waals surface area contributed by atoms with Gasteiger partial charge in [0.05, 0.1) is 0 Å². The number of nitrogens with one attached hydrogen (secondary N) is 1. The van der Waals surface area contributed by atoms with Gasteiger partial charge in [-0.15, -0.1) is 0 Å². The SMILES string of the molecule is O=P1(O)ONS(=O)(=O)O1. The van der Waals surface area contributed by atoms with E-state index < -0.39 is 18.1 Å². The molecular formula is H2NO6PS. The average molecular weight is 175 g/mol. The van der Waals surface area contributed by atoms with Crippen LogP contribution in [0.4, 0.5) is 0 Å². The predicted octanol–water partition coefficient (Wildman–Crippen LogP) is -1.12. The van der Waals surface area contributed by atoms with Crippen molar-refractivity contribution in [1.82, 2.24) is 4.89 Å². The minimum atomic E-state index is -4.36. The van der Waals surface area contributed by atoms with E-state index in [4.69, 9.17) is 4.89 Å². The summed E-state index contributed by atoms with van der Waals surface area (Å²) in [5.41, 5.74) is 0. The van der Waals surface area contributed by atoms with Crippen molar-refractivity contribution in [2.24, 2.45) is 0 Å². The molecule has 0 aromatic heterocycles. The molecule has 9 heteroatoms. The molecule has 0 amide bonds. The van der Waals surface area contributed by atoms with Gasteiger partial charge in [-0.25, -0.2) is 4.57 Å². The molecule has 1 heterocycles. The van der Waals surface area contributed by atoms with Gasteiger partial charge in [0.25, 0.3) is 0 Å². The number of hydrogen-bond acceptors (Lipinski definition) is 5. The van der Waals surface area contributed by atoms with Gasteiger partial charge in [-0.3, -0.25) is 0 Å². The molecule has 1 aliphatic rings. The molecule has 0 aromatic rings. The largest absolute Gasteiger partial charge is 0.505 e. The molecule has 1 fully saturated rings. The highest BCUT2D eigenvalue weighted by atomic mass is 32.2. The minimum Gasteiger partial charge on any atom is -0.301 e. The number of rotatable bonds is 0. The molecule has 0 saturated carbocycles. The van der Waals surface area contributed by atoms with Crippen molar-refractivity contribution in [3.8, 4) is 0 Å². The van der Waals surface area contributed by atoms with Crippen molar-refractivity contribution in [2.75, 3.05) is 0 Å². The Morgan fingerprint density at radius 2 is 2.11 bits per heavy atom. The summed E-state index contributed by atoms with van der Waals surface area (Å²) < 4.78 is 37.3. The van der Waals surface area contributed by atoms with Crippen LogP contribution >= 0.6 is 7.82 Å². The summed E-state index contributed by atoms with van der Waals surface area (Å²) in [6, 6.07) is 0. The molecule has 2 N–H and O–H groups in total. The van der Waals surface area contributed by atoms with Crippen LogP contribution in [0.5, 0.6) is 0 Å². The molecule has 0 bridgehead atoms. The first kappa shape index (κ1) is 7.13. The van der Waals surface area contributed by atoms with E-state index in [0.717, 1.165) is 0 Å². The molecule has 0 spiro atoms. The second-order valence-corrected chi connectivity index (χ2v) is 3.96. The van der Waals surface area contributed by atoms with Crippen molar-refractivity contribution in [2.45, 2.75) is 0 Å². The Hall–Kier alpha value is 0.0200. The van der Waals surface area contributed by atoms with Gasteiger partial charge in [-0.05, 0) is 0 Å². The molecule has 1 saturated heterocycles. The van der Waals surface area contributed by atoms with E-state index in [0.29, 0.717) is 0 Å². The minimum absolute atomic E-state index is 1.22. The van der Waals surface area contributed by atoms with E-state index in [-0.39, 0.29) is 0 Å². The van der Waals surface area contributed by atoms with Crippen LogP contribution in [-0.2, 0) is 23.5 Å². The molecule has 0 radical (unpaired) electrons. The number of hydrogen-bond donors (Lipinski definition) is 2. The van der Waals surface area contributed by atoms with E-state index in [9.17, 15) is 13.0 Å². The van der Waals surface area contributed by atoms with Crippen molar-refractivity contribution in [3.63, 3.8) is 0 Å². The van der Waals surface area contributed by atoms with Gasteiger partial charge >= 0.3 is 18.1 Å². The second kappa shape index (κ2) is 1.75. The fourth-order valence-electron chi connectivity index (χ4n) is 0.247. The van der Waals surface area contributed by atoms with Crippen molar-refractivity contribution < 1.29 is 26.5 Å². The highest BCUT2D eigenvalue weighted by Gasteiger charge is 2.39. The zero-order valence-electron chi connectivity index (χ0n) is 3.84. The Balaban J connectivity index is 2.94. The van der Waals surface area contributed by atoms with Crippen LogP contribution in [0, 0.1) is 0 Å². The van der Waals surface area contributed by atoms with Crippen molar-refractivity contribution in [3.05, 3.63) is 0 Å². The lowest BCUT2D eigenvalue weighted by atomic mass is 13.5. The quantitative estimate of drug-likeness (QED) is 0.452. The zero-order valence-corrected chi connectivity index (χ0v) is 5.55. The lowest BCUT2D eigenvalue weighted by molar-refractivity contribution is 0.219. The summed E-state index contributed by atoms with van der Waals surface area (Å²) in [5.74, 6) is 0. The van der Waals surface area contributed by atoms with Gasteiger partial charge in [0.2, 0.25) is 0 Å². The lowest BCUT2D eigenvalue weighted by Gasteiger charge is -1.89. The van der Waals surface area contributed by atoms with Crippen LogP contribution in [0.15, 0.2) is 0 Å². The summed E-state index contributed by atoms with van der Waals surface area (Å²) in [6.45, 7) is 0. The maximum Gasteiger partial charge on any atom is 0.505 e. The van der Waals surface area contributed by atoms with Gasteiger partial charge in [-0.2, -0.15) is 17.0 Å². The first-order valence-corrected chi connectivity index (χ1v) is 4.56. The highest BCUT2D eigenvalue weighted by molar-refractivity contribution is 7.90. The number of phosphoric acid groups is 1. The van der Waals surface area contributed by atoms with Gasteiger partial charge in [-0.1, -0.05) is 4.89 Å². The standard InChI is InChI=1S/H2NO6PS/c2-8(3)6-1-9(4,5)7-8/h1H,(H,2,3). The van der Waals surface area contributed by atoms with Crippen LogP contribution in [0.3, 0.4) is 0 Å². The van der Waals surface area contributed by atoms with Gasteiger partial charge in [0.1, 0.15) is 0 Å². The van der Waals surface area contributed by atoms with Gasteiger partial charge < -0.3 is 4.89 Å². The van der Waals surface area contributed by atoms with E-state index in [1.807, 2.05) is 0 Å². The Bertz CT molecular complexity index is 250. The summed E-state index contributed by atoms with van der Waals surface area (Å²) in [7, 11) is -8.50. The summed E-state index contributed by atoms with van der Waals surface area (Å²) in [5, 5.41) is 0. The molecule has 0 aromatic carbocycles. The molecular weight excluding hydrogens is 173 g/mol. The zero-order chi connectivity index (χ0) is 7.12. The molecule has 1 aliphatic heterocycles. The molecule has 0 aliphatic carbocycles. The highest BCUT2D eigenvalue weighted by Crippen LogP contribution is 2.47. The second-order valence-electron chi connectivity index (χ2n) is 1.17. The Labute approximate surface area is 50.4 Å². The van der Waals surface area contributed by atoms with Crippen molar-refractivity contribution >= 4 is 18.1 Å². The van der Waals surface area contributed by atoms with Crippen molar-refractivity contribution in [1.29, 1.82) is 0 Å². The molecule has 7 nitrogen and oxygen atoms in total. The third-order valence-corrected chi connectivity index (χ3v) is 2.72. The Morgan fingerprint density at radius 1 is 1.56 bits per heavy atom. The van der Waals surface area contributed by atoms with E-state index in [2.05, 4.69) is 8.59 Å². The van der Waals surface area contributed by atoms with E-state index >= 15 is 0 Å².